The molecule has 1 rings (SSSR count). The molecule has 0 saturated carbocycles. The first-order valence-corrected chi connectivity index (χ1v) is 8.94. The molecule has 0 aliphatic carbocycles. The van der Waals surface area contributed by atoms with E-state index in [-0.39, 0.29) is 4.90 Å². The first-order chi connectivity index (χ1) is 8.74. The molecule has 2 N–H and O–H groups in total. The van der Waals surface area contributed by atoms with Gasteiger partial charge in [-0.3, -0.25) is 0 Å². The molecule has 0 aliphatic heterocycles. The molecule has 0 saturated heterocycles. The van der Waals surface area contributed by atoms with E-state index < -0.39 is 16.1 Å². The summed E-state index contributed by atoms with van der Waals surface area (Å²) in [5.41, 5.74) is 0.958. The van der Waals surface area contributed by atoms with Crippen LogP contribution in [0.1, 0.15) is 25.3 Å². The Morgan fingerprint density at radius 3 is 2.53 bits per heavy atom. The van der Waals surface area contributed by atoms with Gasteiger partial charge in [0.1, 0.15) is 0 Å². The lowest BCUT2D eigenvalue weighted by atomic mass is 10.2. The predicted molar refractivity (Wildman–Crippen MR) is 82.7 cm³/mol. The Kier molecular flexibility index (Phi) is 6.46. The molecule has 0 amide bonds. The first kappa shape index (κ1) is 17.1. The zero-order valence-corrected chi connectivity index (χ0v) is 14.8. The molecule has 0 aromatic heterocycles. The molecule has 0 spiro atoms. The standard InChI is InChI=1S/C12H17Br2NO3S/c1-8-6-11(14)12(7-10(8)13)19(17,18)15-5-3-4-9(2)16/h6-7,9,15-16H,3-5H2,1-2H3. The van der Waals surface area contributed by atoms with Crippen LogP contribution in [-0.2, 0) is 10.0 Å². The van der Waals surface area contributed by atoms with E-state index in [2.05, 4.69) is 36.6 Å². The number of hydrogen-bond donors (Lipinski definition) is 2. The molecule has 0 aliphatic rings. The highest BCUT2D eigenvalue weighted by molar-refractivity contribution is 9.11. The van der Waals surface area contributed by atoms with E-state index >= 15 is 0 Å². The van der Waals surface area contributed by atoms with E-state index in [1.165, 1.54) is 0 Å². The lowest BCUT2D eigenvalue weighted by Gasteiger charge is -2.11. The molecule has 108 valence electrons. The molecular formula is C12H17Br2NO3S. The van der Waals surface area contributed by atoms with Crippen LogP contribution in [0.5, 0.6) is 0 Å². The summed E-state index contributed by atoms with van der Waals surface area (Å²) in [7, 11) is -3.54. The third kappa shape index (κ3) is 5.15. The summed E-state index contributed by atoms with van der Waals surface area (Å²) in [6, 6.07) is 3.34. The summed E-state index contributed by atoms with van der Waals surface area (Å²) in [5, 5.41) is 9.12. The molecule has 1 aromatic rings. The molecule has 4 nitrogen and oxygen atoms in total. The Labute approximate surface area is 130 Å². The van der Waals surface area contributed by atoms with E-state index in [4.69, 9.17) is 5.11 Å². The lowest BCUT2D eigenvalue weighted by molar-refractivity contribution is 0.182. The van der Waals surface area contributed by atoms with Crippen LogP contribution in [0, 0.1) is 6.92 Å². The maximum atomic E-state index is 12.1. The minimum Gasteiger partial charge on any atom is -0.393 e. The molecule has 0 radical (unpaired) electrons. The van der Waals surface area contributed by atoms with Crippen molar-refractivity contribution in [1.29, 1.82) is 0 Å². The van der Waals surface area contributed by atoms with Gasteiger partial charge in [0.15, 0.2) is 0 Å². The van der Waals surface area contributed by atoms with Crippen molar-refractivity contribution in [2.45, 2.75) is 37.7 Å². The van der Waals surface area contributed by atoms with Crippen molar-refractivity contribution in [1.82, 2.24) is 4.72 Å². The van der Waals surface area contributed by atoms with Crippen LogP contribution >= 0.6 is 31.9 Å². The van der Waals surface area contributed by atoms with Gasteiger partial charge in [-0.05, 0) is 60.3 Å². The van der Waals surface area contributed by atoms with Gasteiger partial charge in [-0.15, -0.1) is 0 Å². The second-order valence-corrected chi connectivity index (χ2v) is 7.86. The largest absolute Gasteiger partial charge is 0.393 e. The second-order valence-electron chi connectivity index (χ2n) is 4.42. The Morgan fingerprint density at radius 1 is 1.32 bits per heavy atom. The Hall–Kier alpha value is 0.0500. The number of aliphatic hydroxyl groups is 1. The molecule has 1 atom stereocenters. The Morgan fingerprint density at radius 2 is 1.95 bits per heavy atom. The van der Waals surface area contributed by atoms with E-state index in [9.17, 15) is 8.42 Å². The van der Waals surface area contributed by atoms with Crippen molar-refractivity contribution >= 4 is 41.9 Å². The number of sulfonamides is 1. The van der Waals surface area contributed by atoms with Gasteiger partial charge >= 0.3 is 0 Å². The van der Waals surface area contributed by atoms with Crippen molar-refractivity contribution in [3.05, 3.63) is 26.6 Å². The summed E-state index contributed by atoms with van der Waals surface area (Å²) in [5.74, 6) is 0. The van der Waals surface area contributed by atoms with Gasteiger partial charge in [0.05, 0.1) is 11.0 Å². The van der Waals surface area contributed by atoms with Crippen LogP contribution in [0.2, 0.25) is 0 Å². The van der Waals surface area contributed by atoms with Gasteiger partial charge in [0, 0.05) is 15.5 Å². The fourth-order valence-corrected chi connectivity index (χ4v) is 4.26. The molecular weight excluding hydrogens is 398 g/mol. The van der Waals surface area contributed by atoms with Crippen molar-refractivity contribution in [2.75, 3.05) is 6.54 Å². The summed E-state index contributed by atoms with van der Waals surface area (Å²) in [6.45, 7) is 3.88. The zero-order valence-electron chi connectivity index (χ0n) is 10.8. The molecule has 1 aromatic carbocycles. The monoisotopic (exact) mass is 413 g/mol. The van der Waals surface area contributed by atoms with Gasteiger partial charge in [-0.2, -0.15) is 0 Å². The summed E-state index contributed by atoms with van der Waals surface area (Å²) in [4.78, 5) is 0.210. The van der Waals surface area contributed by atoms with Crippen LogP contribution in [0.15, 0.2) is 26.0 Å². The van der Waals surface area contributed by atoms with Crippen molar-refractivity contribution < 1.29 is 13.5 Å². The summed E-state index contributed by atoms with van der Waals surface area (Å²) < 4.78 is 28.1. The number of benzene rings is 1. The highest BCUT2D eigenvalue weighted by Crippen LogP contribution is 2.28. The number of aryl methyl sites for hydroxylation is 1. The minimum absolute atomic E-state index is 0.210. The number of hydrogen-bond acceptors (Lipinski definition) is 3. The molecule has 0 heterocycles. The number of nitrogens with one attached hydrogen (secondary N) is 1. The summed E-state index contributed by atoms with van der Waals surface area (Å²) in [6.07, 6.45) is 0.757. The maximum absolute atomic E-state index is 12.1. The fraction of sp³-hybridized carbons (Fsp3) is 0.500. The molecule has 7 heteroatoms. The number of aliphatic hydroxyl groups excluding tert-OH is 1. The van der Waals surface area contributed by atoms with E-state index in [0.29, 0.717) is 23.9 Å². The van der Waals surface area contributed by atoms with E-state index in [1.807, 2.05) is 6.92 Å². The van der Waals surface area contributed by atoms with Crippen LogP contribution in [0.4, 0.5) is 0 Å². The topological polar surface area (TPSA) is 66.4 Å². The maximum Gasteiger partial charge on any atom is 0.241 e. The lowest BCUT2D eigenvalue weighted by Crippen LogP contribution is -2.25. The average molecular weight is 415 g/mol. The van der Waals surface area contributed by atoms with Gasteiger partial charge in [-0.25, -0.2) is 13.1 Å². The molecule has 0 fully saturated rings. The van der Waals surface area contributed by atoms with Gasteiger partial charge in [0.25, 0.3) is 0 Å². The van der Waals surface area contributed by atoms with E-state index in [1.54, 1.807) is 19.1 Å². The highest BCUT2D eigenvalue weighted by atomic mass is 79.9. The van der Waals surface area contributed by atoms with Gasteiger partial charge < -0.3 is 5.11 Å². The SMILES string of the molecule is Cc1cc(Br)c(S(=O)(=O)NCCCC(C)O)cc1Br. The average Bonchev–Trinajstić information content (AvgIpc) is 2.29. The third-order valence-electron chi connectivity index (χ3n) is 2.59. The minimum atomic E-state index is -3.54. The predicted octanol–water partition coefficient (Wildman–Crippen LogP) is 2.96. The highest BCUT2D eigenvalue weighted by Gasteiger charge is 2.18. The van der Waals surface area contributed by atoms with Crippen LogP contribution < -0.4 is 4.72 Å². The number of halogens is 2. The normalized spacial score (nSPS) is 13.5. The third-order valence-corrected chi connectivity index (χ3v) is 5.87. The quantitative estimate of drug-likeness (QED) is 0.703. The van der Waals surface area contributed by atoms with Crippen LogP contribution in [0.3, 0.4) is 0 Å². The van der Waals surface area contributed by atoms with Crippen LogP contribution in [0.25, 0.3) is 0 Å². The fourth-order valence-electron chi connectivity index (χ4n) is 1.52. The van der Waals surface area contributed by atoms with Crippen molar-refractivity contribution in [3.63, 3.8) is 0 Å². The summed E-state index contributed by atoms with van der Waals surface area (Å²) >= 11 is 6.60. The van der Waals surface area contributed by atoms with Crippen molar-refractivity contribution in [2.24, 2.45) is 0 Å². The van der Waals surface area contributed by atoms with Crippen LogP contribution in [-0.4, -0.2) is 26.2 Å². The molecule has 0 bridgehead atoms. The number of rotatable bonds is 6. The zero-order chi connectivity index (χ0) is 14.6. The Balaban J connectivity index is 2.80. The van der Waals surface area contributed by atoms with Gasteiger partial charge in [0.2, 0.25) is 10.0 Å². The van der Waals surface area contributed by atoms with E-state index in [0.717, 1.165) is 10.0 Å². The first-order valence-electron chi connectivity index (χ1n) is 5.87. The molecule has 19 heavy (non-hydrogen) atoms. The van der Waals surface area contributed by atoms with Crippen molar-refractivity contribution in [3.8, 4) is 0 Å². The van der Waals surface area contributed by atoms with Gasteiger partial charge in [-0.1, -0.05) is 15.9 Å². The second kappa shape index (κ2) is 7.17. The Bertz CT molecular complexity index is 544. The smallest absolute Gasteiger partial charge is 0.241 e. The molecule has 1 unspecified atom stereocenters.